The van der Waals surface area contributed by atoms with E-state index in [1.54, 1.807) is 0 Å². The molecule has 1 N–H and O–H groups in total. The molecule has 5 heteroatoms. The number of hydrogen-bond acceptors (Lipinski definition) is 4. The molecule has 0 amide bonds. The maximum Gasteiger partial charge on any atom is 0.0707 e. The van der Waals surface area contributed by atoms with E-state index < -0.39 is 0 Å². The highest BCUT2D eigenvalue weighted by atomic mass is 16.5. The van der Waals surface area contributed by atoms with Crippen LogP contribution >= 0.6 is 0 Å². The summed E-state index contributed by atoms with van der Waals surface area (Å²) in [6.07, 6.45) is 7.85. The first-order chi connectivity index (χ1) is 12.2. The van der Waals surface area contributed by atoms with Crippen molar-refractivity contribution in [1.82, 2.24) is 14.7 Å². The van der Waals surface area contributed by atoms with Crippen LogP contribution < -0.4 is 0 Å². The molecule has 1 aliphatic heterocycles. The van der Waals surface area contributed by atoms with Gasteiger partial charge < -0.3 is 9.84 Å². The van der Waals surface area contributed by atoms with E-state index >= 15 is 0 Å². The lowest BCUT2D eigenvalue weighted by Gasteiger charge is -2.23. The lowest BCUT2D eigenvalue weighted by Crippen LogP contribution is -2.32. The van der Waals surface area contributed by atoms with Crippen molar-refractivity contribution in [3.63, 3.8) is 0 Å². The van der Waals surface area contributed by atoms with Gasteiger partial charge in [0.2, 0.25) is 0 Å². The van der Waals surface area contributed by atoms with Crippen molar-refractivity contribution < 1.29 is 9.84 Å². The van der Waals surface area contributed by atoms with Crippen LogP contribution in [0.15, 0.2) is 36.7 Å². The zero-order valence-electron chi connectivity index (χ0n) is 15.3. The second-order valence-electron chi connectivity index (χ2n) is 6.99. The second kappa shape index (κ2) is 8.61. The summed E-state index contributed by atoms with van der Waals surface area (Å²) in [5.41, 5.74) is 3.50. The number of rotatable bonds is 8. The van der Waals surface area contributed by atoms with Crippen LogP contribution in [0.25, 0.3) is 0 Å². The average Bonchev–Trinajstić information content (AvgIpc) is 3.24. The Morgan fingerprint density at radius 3 is 2.52 bits per heavy atom. The summed E-state index contributed by atoms with van der Waals surface area (Å²) in [4.78, 5) is 2.43. The monoisotopic (exact) mass is 343 g/mol. The van der Waals surface area contributed by atoms with E-state index in [-0.39, 0.29) is 6.61 Å². The van der Waals surface area contributed by atoms with E-state index in [0.29, 0.717) is 12.2 Å². The van der Waals surface area contributed by atoms with Gasteiger partial charge in [-0.1, -0.05) is 31.2 Å². The smallest absolute Gasteiger partial charge is 0.0707 e. The fourth-order valence-corrected chi connectivity index (χ4v) is 3.51. The number of aromatic nitrogens is 2. The van der Waals surface area contributed by atoms with Crippen LogP contribution in [0.5, 0.6) is 0 Å². The van der Waals surface area contributed by atoms with Crippen molar-refractivity contribution in [2.24, 2.45) is 7.05 Å². The standard InChI is InChI=1S/C20H29N3O2/c1-3-23(13-18-11-21-22(2)12-18)14-20-9-8-19(25-20)10-16-4-6-17(15-24)7-5-16/h4-7,11-12,19-20,24H,3,8-10,13-15H2,1-2H3/t19-,20+/m0/s1. The molecule has 2 heterocycles. The van der Waals surface area contributed by atoms with Gasteiger partial charge in [0.1, 0.15) is 0 Å². The molecule has 1 aromatic carbocycles. The molecule has 0 spiro atoms. The molecule has 2 aromatic rings. The number of aliphatic hydroxyl groups excluding tert-OH is 1. The minimum atomic E-state index is 0.103. The van der Waals surface area contributed by atoms with Gasteiger partial charge in [-0.15, -0.1) is 0 Å². The molecule has 2 atom stereocenters. The molecule has 25 heavy (non-hydrogen) atoms. The van der Waals surface area contributed by atoms with Crippen molar-refractivity contribution in [2.75, 3.05) is 13.1 Å². The third-order valence-electron chi connectivity index (χ3n) is 4.94. The van der Waals surface area contributed by atoms with Gasteiger partial charge >= 0.3 is 0 Å². The summed E-state index contributed by atoms with van der Waals surface area (Å²) in [7, 11) is 1.96. The number of nitrogens with zero attached hydrogens (tertiary/aromatic N) is 3. The summed E-state index contributed by atoms with van der Waals surface area (Å²) in [5.74, 6) is 0. The van der Waals surface area contributed by atoms with E-state index in [2.05, 4.69) is 35.3 Å². The van der Waals surface area contributed by atoms with Crippen LogP contribution in [-0.4, -0.2) is 45.1 Å². The molecule has 0 bridgehead atoms. The minimum Gasteiger partial charge on any atom is -0.392 e. The highest BCUT2D eigenvalue weighted by Crippen LogP contribution is 2.24. The Labute approximate surface area is 150 Å². The largest absolute Gasteiger partial charge is 0.392 e. The predicted octanol–water partition coefficient (Wildman–Crippen LogP) is 2.52. The quantitative estimate of drug-likeness (QED) is 0.800. The van der Waals surface area contributed by atoms with Gasteiger partial charge in [0, 0.05) is 31.9 Å². The Morgan fingerprint density at radius 1 is 1.16 bits per heavy atom. The number of hydrogen-bond donors (Lipinski definition) is 1. The number of aryl methyl sites for hydroxylation is 1. The summed E-state index contributed by atoms with van der Waals surface area (Å²) >= 11 is 0. The maximum atomic E-state index is 9.13. The molecule has 5 nitrogen and oxygen atoms in total. The van der Waals surface area contributed by atoms with Gasteiger partial charge in [0.15, 0.2) is 0 Å². The molecule has 3 rings (SSSR count). The van der Waals surface area contributed by atoms with Crippen LogP contribution in [0.3, 0.4) is 0 Å². The molecule has 136 valence electrons. The van der Waals surface area contributed by atoms with Gasteiger partial charge in [-0.2, -0.15) is 5.10 Å². The van der Waals surface area contributed by atoms with E-state index in [4.69, 9.17) is 9.84 Å². The predicted molar refractivity (Wildman–Crippen MR) is 98.1 cm³/mol. The van der Waals surface area contributed by atoms with Crippen molar-refractivity contribution in [1.29, 1.82) is 0 Å². The summed E-state index contributed by atoms with van der Waals surface area (Å²) in [6, 6.07) is 8.19. The lowest BCUT2D eigenvalue weighted by molar-refractivity contribution is 0.0227. The Hall–Kier alpha value is -1.69. The van der Waals surface area contributed by atoms with Gasteiger partial charge in [0.05, 0.1) is 25.0 Å². The maximum absolute atomic E-state index is 9.13. The van der Waals surface area contributed by atoms with Crippen LogP contribution in [0, 0.1) is 0 Å². The van der Waals surface area contributed by atoms with Crippen LogP contribution in [0.4, 0.5) is 0 Å². The van der Waals surface area contributed by atoms with E-state index in [9.17, 15) is 0 Å². The highest BCUT2D eigenvalue weighted by molar-refractivity contribution is 5.22. The van der Waals surface area contributed by atoms with Crippen molar-refractivity contribution in [3.05, 3.63) is 53.3 Å². The first-order valence-electron chi connectivity index (χ1n) is 9.20. The molecule has 1 aromatic heterocycles. The molecule has 0 aliphatic carbocycles. The molecular weight excluding hydrogens is 314 g/mol. The number of benzene rings is 1. The Kier molecular flexibility index (Phi) is 6.24. The molecule has 0 saturated carbocycles. The molecule has 1 fully saturated rings. The topological polar surface area (TPSA) is 50.5 Å². The fourth-order valence-electron chi connectivity index (χ4n) is 3.51. The van der Waals surface area contributed by atoms with Crippen LogP contribution in [0.1, 0.15) is 36.5 Å². The molecule has 0 unspecified atom stereocenters. The van der Waals surface area contributed by atoms with Gasteiger partial charge in [-0.25, -0.2) is 0 Å². The Morgan fingerprint density at radius 2 is 1.88 bits per heavy atom. The van der Waals surface area contributed by atoms with Crippen LogP contribution in [0.2, 0.25) is 0 Å². The van der Waals surface area contributed by atoms with E-state index in [1.165, 1.54) is 11.1 Å². The average molecular weight is 343 g/mol. The number of aliphatic hydroxyl groups is 1. The zero-order chi connectivity index (χ0) is 17.6. The summed E-state index contributed by atoms with van der Waals surface area (Å²) in [6.45, 7) is 5.22. The normalized spacial score (nSPS) is 20.5. The number of likely N-dealkylation sites (N-methyl/N-ethyl adjacent to an activating group) is 1. The first-order valence-corrected chi connectivity index (χ1v) is 9.20. The second-order valence-corrected chi connectivity index (χ2v) is 6.99. The zero-order valence-corrected chi connectivity index (χ0v) is 15.3. The minimum absolute atomic E-state index is 0.103. The summed E-state index contributed by atoms with van der Waals surface area (Å²) in [5, 5.41) is 13.4. The Balaban J connectivity index is 1.47. The van der Waals surface area contributed by atoms with Crippen molar-refractivity contribution in [2.45, 2.75) is 51.5 Å². The third kappa shape index (κ3) is 5.14. The number of ether oxygens (including phenoxy) is 1. The van der Waals surface area contributed by atoms with Crippen molar-refractivity contribution >= 4 is 0 Å². The molecule has 1 saturated heterocycles. The van der Waals surface area contributed by atoms with Crippen LogP contribution in [-0.2, 0) is 31.4 Å². The molecular formula is C20H29N3O2. The van der Waals surface area contributed by atoms with Gasteiger partial charge in [-0.3, -0.25) is 9.58 Å². The summed E-state index contributed by atoms with van der Waals surface area (Å²) < 4.78 is 8.14. The highest BCUT2D eigenvalue weighted by Gasteiger charge is 2.26. The van der Waals surface area contributed by atoms with Gasteiger partial charge in [-0.05, 0) is 36.9 Å². The van der Waals surface area contributed by atoms with Crippen molar-refractivity contribution in [3.8, 4) is 0 Å². The Bertz CT molecular complexity index is 653. The van der Waals surface area contributed by atoms with E-state index in [1.807, 2.05) is 30.1 Å². The third-order valence-corrected chi connectivity index (χ3v) is 4.94. The first kappa shape index (κ1) is 18.1. The molecule has 1 aliphatic rings. The SMILES string of the molecule is CCN(Cc1cnn(C)c1)C[C@H]1CC[C@@H](Cc2ccc(CO)cc2)O1. The fraction of sp³-hybridized carbons (Fsp3) is 0.550. The van der Waals surface area contributed by atoms with E-state index in [0.717, 1.165) is 44.5 Å². The molecule has 0 radical (unpaired) electrons. The van der Waals surface area contributed by atoms with Gasteiger partial charge in [0.25, 0.3) is 0 Å². The lowest BCUT2D eigenvalue weighted by atomic mass is 10.0.